The van der Waals surface area contributed by atoms with Crippen LogP contribution in [0.25, 0.3) is 0 Å². The smallest absolute Gasteiger partial charge is 0.132 e. The first-order chi connectivity index (χ1) is 7.84. The normalized spacial score (nSPS) is 7.25. The molecule has 0 aliphatic rings. The lowest BCUT2D eigenvalue weighted by molar-refractivity contribution is 0.299. The highest BCUT2D eigenvalue weighted by Gasteiger charge is 1.96. The fourth-order valence-corrected chi connectivity index (χ4v) is 0.940. The van der Waals surface area contributed by atoms with E-state index in [2.05, 4.69) is 4.98 Å². The summed E-state index contributed by atoms with van der Waals surface area (Å²) in [6, 6.07) is 3.66. The number of halogens is 1. The summed E-state index contributed by atoms with van der Waals surface area (Å²) in [4.78, 5) is 3.85. The number of aliphatic hydroxyl groups is 1. The third-order valence-corrected chi connectivity index (χ3v) is 1.56. The summed E-state index contributed by atoms with van der Waals surface area (Å²) in [5, 5.41) is 9.04. The highest BCUT2D eigenvalue weighted by molar-refractivity contribution is 6.30. The predicted molar refractivity (Wildman–Crippen MR) is 74.1 cm³/mol. The van der Waals surface area contributed by atoms with Gasteiger partial charge in [0.1, 0.15) is 5.15 Å². The first-order valence-corrected chi connectivity index (χ1v) is 6.42. The van der Waals surface area contributed by atoms with Gasteiger partial charge < -0.3 is 5.11 Å². The zero-order valence-electron chi connectivity index (χ0n) is 11.4. The lowest BCUT2D eigenvalue weighted by Crippen LogP contribution is -1.92. The molecule has 96 valence electrons. The SMILES string of the molecule is CC.CC.CC.OCCc1cccnc1Cl. The Morgan fingerprint density at radius 3 is 2.00 bits per heavy atom. The molecule has 0 aromatic carbocycles. The Bertz CT molecular complexity index is 217. The van der Waals surface area contributed by atoms with Crippen LogP contribution in [0.1, 0.15) is 47.1 Å². The second kappa shape index (κ2) is 19.9. The van der Waals surface area contributed by atoms with E-state index in [1.807, 2.05) is 47.6 Å². The molecule has 0 radical (unpaired) electrons. The molecule has 0 atom stereocenters. The third-order valence-electron chi connectivity index (χ3n) is 1.22. The zero-order valence-corrected chi connectivity index (χ0v) is 12.2. The summed E-state index contributed by atoms with van der Waals surface area (Å²) in [7, 11) is 0. The van der Waals surface area contributed by atoms with Crippen molar-refractivity contribution in [3.05, 3.63) is 29.0 Å². The topological polar surface area (TPSA) is 33.1 Å². The Morgan fingerprint density at radius 1 is 1.12 bits per heavy atom. The molecule has 0 aliphatic heterocycles. The molecule has 0 fully saturated rings. The Labute approximate surface area is 106 Å². The fraction of sp³-hybridized carbons (Fsp3) is 0.615. The summed E-state index contributed by atoms with van der Waals surface area (Å²) >= 11 is 5.68. The van der Waals surface area contributed by atoms with Crippen LogP contribution >= 0.6 is 11.6 Å². The van der Waals surface area contributed by atoms with Gasteiger partial charge in [-0.1, -0.05) is 59.2 Å². The number of nitrogens with zero attached hydrogens (tertiary/aromatic N) is 1. The molecule has 0 unspecified atom stereocenters. The standard InChI is InChI=1S/C7H8ClNO.3C2H6/c8-7-6(3-5-10)2-1-4-9-7;3*1-2/h1-2,4,10H,3,5H2;3*1-2H3. The molecule has 1 N–H and O–H groups in total. The van der Waals surface area contributed by atoms with Crippen molar-refractivity contribution in [1.29, 1.82) is 0 Å². The average Bonchev–Trinajstić information content (AvgIpc) is 2.40. The van der Waals surface area contributed by atoms with Gasteiger partial charge in [0.05, 0.1) is 0 Å². The van der Waals surface area contributed by atoms with Crippen molar-refractivity contribution in [3.8, 4) is 0 Å². The molecule has 0 spiro atoms. The summed E-state index contributed by atoms with van der Waals surface area (Å²) in [5.41, 5.74) is 0.895. The van der Waals surface area contributed by atoms with Gasteiger partial charge in [0.2, 0.25) is 0 Å². The van der Waals surface area contributed by atoms with Crippen molar-refractivity contribution < 1.29 is 5.11 Å². The van der Waals surface area contributed by atoms with E-state index in [4.69, 9.17) is 16.7 Å². The van der Waals surface area contributed by atoms with E-state index in [1.54, 1.807) is 12.3 Å². The molecule has 1 heterocycles. The van der Waals surface area contributed by atoms with E-state index < -0.39 is 0 Å². The fourth-order valence-electron chi connectivity index (χ4n) is 0.726. The van der Waals surface area contributed by atoms with Crippen molar-refractivity contribution >= 4 is 11.6 Å². The van der Waals surface area contributed by atoms with Crippen LogP contribution in [-0.2, 0) is 6.42 Å². The minimum atomic E-state index is 0.116. The maximum absolute atomic E-state index is 8.56. The van der Waals surface area contributed by atoms with Crippen LogP contribution in [-0.4, -0.2) is 16.7 Å². The highest BCUT2D eigenvalue weighted by atomic mass is 35.5. The van der Waals surface area contributed by atoms with Crippen LogP contribution in [0.15, 0.2) is 18.3 Å². The van der Waals surface area contributed by atoms with Gasteiger partial charge >= 0.3 is 0 Å². The second-order valence-electron chi connectivity index (χ2n) is 1.93. The second-order valence-corrected chi connectivity index (χ2v) is 2.28. The molecular formula is C13H26ClNO. The Morgan fingerprint density at radius 2 is 1.62 bits per heavy atom. The molecule has 1 aromatic rings. The Hall–Kier alpha value is -0.600. The number of hydrogen-bond acceptors (Lipinski definition) is 2. The molecule has 0 saturated carbocycles. The molecule has 0 aliphatic carbocycles. The van der Waals surface area contributed by atoms with Crippen molar-refractivity contribution in [2.45, 2.75) is 48.0 Å². The Balaban J connectivity index is -0.000000245. The summed E-state index contributed by atoms with van der Waals surface area (Å²) in [6.45, 7) is 12.1. The van der Waals surface area contributed by atoms with E-state index in [9.17, 15) is 0 Å². The minimum absolute atomic E-state index is 0.116. The zero-order chi connectivity index (χ0) is 13.4. The average molecular weight is 248 g/mol. The van der Waals surface area contributed by atoms with E-state index in [-0.39, 0.29) is 6.61 Å². The van der Waals surface area contributed by atoms with E-state index in [0.717, 1.165) is 5.56 Å². The first kappa shape index (κ1) is 20.8. The van der Waals surface area contributed by atoms with Gasteiger partial charge in [0.25, 0.3) is 0 Å². The van der Waals surface area contributed by atoms with E-state index >= 15 is 0 Å². The maximum Gasteiger partial charge on any atom is 0.132 e. The monoisotopic (exact) mass is 247 g/mol. The number of aromatic nitrogens is 1. The summed E-state index contributed by atoms with van der Waals surface area (Å²) in [5.74, 6) is 0. The molecule has 0 saturated heterocycles. The summed E-state index contributed by atoms with van der Waals surface area (Å²) < 4.78 is 0. The van der Waals surface area contributed by atoms with Crippen LogP contribution in [0, 0.1) is 0 Å². The molecule has 1 aromatic heterocycles. The van der Waals surface area contributed by atoms with Crippen molar-refractivity contribution in [1.82, 2.24) is 4.98 Å². The van der Waals surface area contributed by atoms with Crippen LogP contribution in [0.3, 0.4) is 0 Å². The molecule has 2 nitrogen and oxygen atoms in total. The molecular weight excluding hydrogens is 222 g/mol. The predicted octanol–water partition coefficient (Wildman–Crippen LogP) is 4.35. The maximum atomic E-state index is 8.56. The van der Waals surface area contributed by atoms with Crippen LogP contribution in [0.5, 0.6) is 0 Å². The highest BCUT2D eigenvalue weighted by Crippen LogP contribution is 2.10. The van der Waals surface area contributed by atoms with Gasteiger partial charge in [-0.05, 0) is 18.1 Å². The summed E-state index contributed by atoms with van der Waals surface area (Å²) in [6.07, 6.45) is 2.20. The van der Waals surface area contributed by atoms with Gasteiger partial charge in [-0.25, -0.2) is 4.98 Å². The number of hydrogen-bond donors (Lipinski definition) is 1. The quantitative estimate of drug-likeness (QED) is 0.789. The minimum Gasteiger partial charge on any atom is -0.396 e. The van der Waals surface area contributed by atoms with Gasteiger partial charge in [-0.2, -0.15) is 0 Å². The van der Waals surface area contributed by atoms with Crippen molar-refractivity contribution in [2.75, 3.05) is 6.61 Å². The van der Waals surface area contributed by atoms with Gasteiger partial charge in [-0.15, -0.1) is 0 Å². The van der Waals surface area contributed by atoms with Crippen LogP contribution in [0.4, 0.5) is 0 Å². The van der Waals surface area contributed by atoms with E-state index in [0.29, 0.717) is 11.6 Å². The number of rotatable bonds is 2. The lowest BCUT2D eigenvalue weighted by atomic mass is 10.2. The van der Waals surface area contributed by atoms with Gasteiger partial charge in [0.15, 0.2) is 0 Å². The molecule has 0 amide bonds. The number of aliphatic hydroxyl groups excluding tert-OH is 1. The molecule has 16 heavy (non-hydrogen) atoms. The van der Waals surface area contributed by atoms with E-state index in [1.165, 1.54) is 0 Å². The first-order valence-electron chi connectivity index (χ1n) is 6.05. The largest absolute Gasteiger partial charge is 0.396 e. The lowest BCUT2D eigenvalue weighted by Gasteiger charge is -1.97. The van der Waals surface area contributed by atoms with Crippen LogP contribution < -0.4 is 0 Å². The van der Waals surface area contributed by atoms with Gasteiger partial charge in [0, 0.05) is 12.8 Å². The number of pyridine rings is 1. The Kier molecular flexibility index (Phi) is 25.8. The van der Waals surface area contributed by atoms with Crippen molar-refractivity contribution in [2.24, 2.45) is 0 Å². The van der Waals surface area contributed by atoms with Crippen LogP contribution in [0.2, 0.25) is 5.15 Å². The molecule has 0 bridgehead atoms. The molecule has 1 rings (SSSR count). The molecule has 3 heteroatoms. The van der Waals surface area contributed by atoms with Gasteiger partial charge in [-0.3, -0.25) is 0 Å². The van der Waals surface area contributed by atoms with Crippen molar-refractivity contribution in [3.63, 3.8) is 0 Å². The third kappa shape index (κ3) is 11.5.